The van der Waals surface area contributed by atoms with Gasteiger partial charge >= 0.3 is 0 Å². The average Bonchev–Trinajstić information content (AvgIpc) is 2.69. The van der Waals surface area contributed by atoms with Gasteiger partial charge in [0, 0.05) is 23.7 Å². The number of benzene rings is 2. The molecule has 2 aromatic rings. The van der Waals surface area contributed by atoms with E-state index in [4.69, 9.17) is 14.2 Å². The van der Waals surface area contributed by atoms with Crippen LogP contribution < -0.4 is 19.5 Å². The molecule has 0 fully saturated rings. The van der Waals surface area contributed by atoms with Gasteiger partial charge in [-0.25, -0.2) is 0 Å². The monoisotopic (exact) mass is 383 g/mol. The van der Waals surface area contributed by atoms with Gasteiger partial charge in [0.25, 0.3) is 0 Å². The molecule has 0 unspecified atom stereocenters. The number of hydrogen-bond acceptors (Lipinski definition) is 5. The lowest BCUT2D eigenvalue weighted by Gasteiger charge is -2.26. The molecule has 28 heavy (non-hydrogen) atoms. The summed E-state index contributed by atoms with van der Waals surface area (Å²) in [4.78, 5) is 11.8. The Balaban J connectivity index is 1.82. The molecule has 1 aliphatic rings. The molecule has 5 heteroatoms. The van der Waals surface area contributed by atoms with Crippen molar-refractivity contribution in [2.45, 2.75) is 40.3 Å². The molecule has 5 nitrogen and oxygen atoms in total. The van der Waals surface area contributed by atoms with Gasteiger partial charge in [0.05, 0.1) is 6.61 Å². The van der Waals surface area contributed by atoms with Crippen molar-refractivity contribution in [1.29, 1.82) is 0 Å². The third kappa shape index (κ3) is 4.65. The van der Waals surface area contributed by atoms with Gasteiger partial charge in [-0.1, -0.05) is 19.9 Å². The maximum Gasteiger partial charge on any atom is 0.161 e. The Hall–Kier alpha value is -2.53. The third-order valence-corrected chi connectivity index (χ3v) is 4.87. The van der Waals surface area contributed by atoms with E-state index in [2.05, 4.69) is 31.3 Å². The molecule has 0 radical (unpaired) electrons. The molecule has 150 valence electrons. The van der Waals surface area contributed by atoms with Gasteiger partial charge in [-0.05, 0) is 55.7 Å². The highest BCUT2D eigenvalue weighted by atomic mass is 16.6. The second-order valence-electron chi connectivity index (χ2n) is 7.32. The van der Waals surface area contributed by atoms with Crippen LogP contribution in [0.1, 0.15) is 55.2 Å². The summed E-state index contributed by atoms with van der Waals surface area (Å²) in [5.41, 5.74) is 2.83. The lowest BCUT2D eigenvalue weighted by atomic mass is 9.95. The van der Waals surface area contributed by atoms with E-state index >= 15 is 0 Å². The highest BCUT2D eigenvalue weighted by Crippen LogP contribution is 2.34. The first-order valence-electron chi connectivity index (χ1n) is 9.89. The van der Waals surface area contributed by atoms with Gasteiger partial charge in [0.15, 0.2) is 17.3 Å². The number of hydrogen-bond donors (Lipinski definition) is 1. The molecule has 1 aliphatic heterocycles. The number of ether oxygens (including phenoxy) is 3. The number of carbonyl (C=O) groups excluding carboxylic acids is 1. The Morgan fingerprint density at radius 1 is 1.11 bits per heavy atom. The molecule has 0 bridgehead atoms. The third-order valence-electron chi connectivity index (χ3n) is 4.87. The quantitative estimate of drug-likeness (QED) is 0.678. The molecule has 0 amide bonds. The highest BCUT2D eigenvalue weighted by molar-refractivity contribution is 5.94. The van der Waals surface area contributed by atoms with Crippen molar-refractivity contribution in [2.24, 2.45) is 5.92 Å². The minimum Gasteiger partial charge on any atom is -0.494 e. The second-order valence-corrected chi connectivity index (χ2v) is 7.32. The number of carbonyl (C=O) groups is 1. The van der Waals surface area contributed by atoms with E-state index in [1.165, 1.54) is 0 Å². The highest BCUT2D eigenvalue weighted by Gasteiger charge is 2.20. The average molecular weight is 383 g/mol. The SMILES string of the molecule is CCOc1ccc(C(C)=O)cc1CN[C@@H](c1ccc2c(c1)OCCO2)C(C)C. The van der Waals surface area contributed by atoms with Gasteiger partial charge in [0.1, 0.15) is 19.0 Å². The van der Waals surface area contributed by atoms with Crippen LogP contribution in [0.4, 0.5) is 0 Å². The largest absolute Gasteiger partial charge is 0.494 e. The zero-order chi connectivity index (χ0) is 20.1. The Kier molecular flexibility index (Phi) is 6.57. The van der Waals surface area contributed by atoms with Gasteiger partial charge in [-0.2, -0.15) is 0 Å². The summed E-state index contributed by atoms with van der Waals surface area (Å²) in [7, 11) is 0. The fourth-order valence-corrected chi connectivity index (χ4v) is 3.44. The van der Waals surface area contributed by atoms with Gasteiger partial charge < -0.3 is 19.5 Å². The minimum atomic E-state index is 0.0524. The van der Waals surface area contributed by atoms with Crippen molar-refractivity contribution in [1.82, 2.24) is 5.32 Å². The molecule has 0 spiro atoms. The molecule has 1 heterocycles. The first-order chi connectivity index (χ1) is 13.5. The molecule has 1 N–H and O–H groups in total. The maximum absolute atomic E-state index is 11.8. The fourth-order valence-electron chi connectivity index (χ4n) is 3.44. The molecule has 0 saturated heterocycles. The lowest BCUT2D eigenvalue weighted by Crippen LogP contribution is -2.26. The van der Waals surface area contributed by atoms with Crippen molar-refractivity contribution in [3.05, 3.63) is 53.1 Å². The minimum absolute atomic E-state index is 0.0524. The molecule has 0 saturated carbocycles. The zero-order valence-electron chi connectivity index (χ0n) is 17.1. The normalized spacial score (nSPS) is 14.0. The van der Waals surface area contributed by atoms with Crippen molar-refractivity contribution in [3.63, 3.8) is 0 Å². The molecule has 0 aliphatic carbocycles. The van der Waals surface area contributed by atoms with Crippen LogP contribution in [0.15, 0.2) is 36.4 Å². The standard InChI is InChI=1S/C23H29NO4/c1-5-26-20-8-6-17(16(4)25)12-19(20)14-24-23(15(2)3)18-7-9-21-22(13-18)28-11-10-27-21/h6-9,12-13,15,23-24H,5,10-11,14H2,1-4H3/t23-/m1/s1. The van der Waals surface area contributed by atoms with Gasteiger partial charge in [-0.15, -0.1) is 0 Å². The lowest BCUT2D eigenvalue weighted by molar-refractivity contribution is 0.101. The molecule has 0 aromatic heterocycles. The molecule has 3 rings (SSSR count). The summed E-state index contributed by atoms with van der Waals surface area (Å²) >= 11 is 0. The van der Waals surface area contributed by atoms with E-state index < -0.39 is 0 Å². The number of Topliss-reactive ketones (excluding diaryl/α,β-unsaturated/α-hetero) is 1. The summed E-state index contributed by atoms with van der Waals surface area (Å²) in [5, 5.41) is 3.64. The fraction of sp³-hybridized carbons (Fsp3) is 0.435. The van der Waals surface area contributed by atoms with Crippen LogP contribution >= 0.6 is 0 Å². The number of ketones is 1. The summed E-state index contributed by atoms with van der Waals surface area (Å²) < 4.78 is 17.1. The second kappa shape index (κ2) is 9.11. The predicted molar refractivity (Wildman–Crippen MR) is 109 cm³/mol. The van der Waals surface area contributed by atoms with Crippen LogP contribution in [0.3, 0.4) is 0 Å². The summed E-state index contributed by atoms with van der Waals surface area (Å²) in [5.74, 6) is 2.82. The predicted octanol–water partition coefficient (Wildman–Crippen LogP) is 4.55. The Morgan fingerprint density at radius 3 is 2.54 bits per heavy atom. The van der Waals surface area contributed by atoms with Gasteiger partial charge in [0.2, 0.25) is 0 Å². The van der Waals surface area contributed by atoms with E-state index in [0.717, 1.165) is 28.4 Å². The number of rotatable bonds is 8. The molecule has 2 aromatic carbocycles. The zero-order valence-corrected chi connectivity index (χ0v) is 17.1. The Morgan fingerprint density at radius 2 is 1.86 bits per heavy atom. The van der Waals surface area contributed by atoms with E-state index in [9.17, 15) is 4.79 Å². The first kappa shape index (κ1) is 20.2. The Labute approximate surface area is 167 Å². The van der Waals surface area contributed by atoms with Gasteiger partial charge in [-0.3, -0.25) is 4.79 Å². The van der Waals surface area contributed by atoms with Crippen LogP contribution in [0.5, 0.6) is 17.2 Å². The van der Waals surface area contributed by atoms with Crippen LogP contribution in [0, 0.1) is 5.92 Å². The summed E-state index contributed by atoms with van der Waals surface area (Å²) in [6.45, 7) is 10.3. The topological polar surface area (TPSA) is 56.8 Å². The maximum atomic E-state index is 11.8. The van der Waals surface area contributed by atoms with Crippen molar-refractivity contribution in [2.75, 3.05) is 19.8 Å². The van der Waals surface area contributed by atoms with E-state index in [1.807, 2.05) is 31.2 Å². The van der Waals surface area contributed by atoms with Crippen LogP contribution in [0.2, 0.25) is 0 Å². The van der Waals surface area contributed by atoms with Crippen molar-refractivity contribution in [3.8, 4) is 17.2 Å². The van der Waals surface area contributed by atoms with E-state index in [0.29, 0.717) is 37.8 Å². The van der Waals surface area contributed by atoms with Crippen LogP contribution in [-0.2, 0) is 6.54 Å². The summed E-state index contributed by atoms with van der Waals surface area (Å²) in [6.07, 6.45) is 0. The summed E-state index contributed by atoms with van der Waals surface area (Å²) in [6, 6.07) is 11.9. The van der Waals surface area contributed by atoms with Crippen LogP contribution in [0.25, 0.3) is 0 Å². The van der Waals surface area contributed by atoms with Crippen molar-refractivity contribution >= 4 is 5.78 Å². The molecular weight excluding hydrogens is 354 g/mol. The van der Waals surface area contributed by atoms with E-state index in [1.54, 1.807) is 6.92 Å². The number of fused-ring (bicyclic) bond motifs is 1. The number of nitrogens with one attached hydrogen (secondary N) is 1. The molecular formula is C23H29NO4. The molecule has 1 atom stereocenters. The van der Waals surface area contributed by atoms with Crippen molar-refractivity contribution < 1.29 is 19.0 Å². The Bertz CT molecular complexity index is 831. The smallest absolute Gasteiger partial charge is 0.161 e. The first-order valence-corrected chi connectivity index (χ1v) is 9.89. The van der Waals surface area contributed by atoms with Crippen LogP contribution in [-0.4, -0.2) is 25.6 Å². The van der Waals surface area contributed by atoms with E-state index in [-0.39, 0.29) is 11.8 Å².